The molecule has 2 atom stereocenters. The number of hydrogen-bond donors (Lipinski definition) is 2. The van der Waals surface area contributed by atoms with Gasteiger partial charge in [0, 0.05) is 41.7 Å². The molecule has 0 radical (unpaired) electrons. The molecule has 1 saturated carbocycles. The van der Waals surface area contributed by atoms with Gasteiger partial charge in [0.2, 0.25) is 0 Å². The molecule has 1 aromatic carbocycles. The first-order valence-electron chi connectivity index (χ1n) is 9.61. The van der Waals surface area contributed by atoms with Crippen molar-refractivity contribution < 1.29 is 10.2 Å². The topological polar surface area (TPSA) is 46.9 Å². The van der Waals surface area contributed by atoms with Crippen LogP contribution >= 0.6 is 11.6 Å². The van der Waals surface area contributed by atoms with Gasteiger partial charge in [0.25, 0.3) is 0 Å². The highest BCUT2D eigenvalue weighted by Gasteiger charge is 2.55. The van der Waals surface area contributed by atoms with E-state index in [0.29, 0.717) is 12.5 Å². The molecule has 138 valence electrons. The zero-order chi connectivity index (χ0) is 17.6. The van der Waals surface area contributed by atoms with Crippen molar-refractivity contribution in [3.05, 3.63) is 28.8 Å². The number of halogens is 1. The fourth-order valence-electron chi connectivity index (χ4n) is 4.98. The number of benzene rings is 1. The van der Waals surface area contributed by atoms with Crippen LogP contribution in [0.15, 0.2) is 18.2 Å². The lowest BCUT2D eigenvalue weighted by molar-refractivity contribution is -0.192. The molecular weight excluding hydrogens is 336 g/mol. The molecule has 0 unspecified atom stereocenters. The van der Waals surface area contributed by atoms with Crippen LogP contribution < -0.4 is 4.90 Å². The highest BCUT2D eigenvalue weighted by molar-refractivity contribution is 6.31. The van der Waals surface area contributed by atoms with Crippen molar-refractivity contribution in [1.29, 1.82) is 0 Å². The van der Waals surface area contributed by atoms with Crippen LogP contribution in [0, 0.1) is 12.3 Å². The third-order valence-corrected chi connectivity index (χ3v) is 7.41. The number of hydrogen-bond acceptors (Lipinski definition) is 4. The lowest BCUT2D eigenvalue weighted by Crippen LogP contribution is -2.62. The molecular formula is C20H29ClN2O2. The van der Waals surface area contributed by atoms with Gasteiger partial charge in [-0.25, -0.2) is 0 Å². The fraction of sp³-hybridized carbons (Fsp3) is 0.700. The summed E-state index contributed by atoms with van der Waals surface area (Å²) in [6, 6.07) is 6.99. The number of nitrogens with zero attached hydrogens (tertiary/aromatic N) is 2. The van der Waals surface area contributed by atoms with E-state index in [1.807, 2.05) is 6.92 Å². The summed E-state index contributed by atoms with van der Waals surface area (Å²) in [6.45, 7) is 6.19. The van der Waals surface area contributed by atoms with Crippen LogP contribution in [0.3, 0.4) is 0 Å². The zero-order valence-corrected chi connectivity index (χ0v) is 15.8. The quantitative estimate of drug-likeness (QED) is 0.847. The minimum atomic E-state index is -0.294. The van der Waals surface area contributed by atoms with Gasteiger partial charge >= 0.3 is 0 Å². The highest BCUT2D eigenvalue weighted by Crippen LogP contribution is 2.49. The summed E-state index contributed by atoms with van der Waals surface area (Å²) in [5, 5.41) is 21.0. The van der Waals surface area contributed by atoms with Gasteiger partial charge in [-0.05, 0) is 63.4 Å². The molecule has 4 nitrogen and oxygen atoms in total. The van der Waals surface area contributed by atoms with E-state index in [0.717, 1.165) is 49.6 Å². The van der Waals surface area contributed by atoms with Crippen molar-refractivity contribution in [1.82, 2.24) is 4.90 Å². The van der Waals surface area contributed by atoms with Crippen LogP contribution in [0.4, 0.5) is 5.69 Å². The maximum absolute atomic E-state index is 10.1. The van der Waals surface area contributed by atoms with Crippen LogP contribution in [0.1, 0.15) is 37.7 Å². The molecule has 25 heavy (non-hydrogen) atoms. The smallest absolute Gasteiger partial charge is 0.0647 e. The number of aliphatic hydroxyl groups excluding tert-OH is 2. The molecule has 1 aliphatic carbocycles. The zero-order valence-electron chi connectivity index (χ0n) is 15.0. The van der Waals surface area contributed by atoms with Gasteiger partial charge in [0.1, 0.15) is 0 Å². The van der Waals surface area contributed by atoms with Gasteiger partial charge < -0.3 is 20.0 Å². The number of piperidine rings is 2. The van der Waals surface area contributed by atoms with Gasteiger partial charge in [0.15, 0.2) is 0 Å². The van der Waals surface area contributed by atoms with Crippen molar-refractivity contribution in [3.8, 4) is 0 Å². The van der Waals surface area contributed by atoms with E-state index in [4.69, 9.17) is 11.6 Å². The number of likely N-dealkylation sites (tertiary alicyclic amines) is 1. The first-order valence-corrected chi connectivity index (χ1v) is 9.99. The SMILES string of the molecule is Cc1ccc(N2CCC(N3CCC4(CC3)[C@H](O)C[C@@H]4O)CC2)cc1Cl. The molecule has 5 heteroatoms. The Balaban J connectivity index is 1.31. The fourth-order valence-corrected chi connectivity index (χ4v) is 5.16. The van der Waals surface area contributed by atoms with E-state index in [-0.39, 0.29) is 17.6 Å². The maximum Gasteiger partial charge on any atom is 0.0647 e. The number of aliphatic hydroxyl groups is 2. The van der Waals surface area contributed by atoms with Crippen LogP contribution in [0.25, 0.3) is 0 Å². The van der Waals surface area contributed by atoms with Gasteiger partial charge in [-0.15, -0.1) is 0 Å². The lowest BCUT2D eigenvalue weighted by atomic mass is 9.58. The lowest BCUT2D eigenvalue weighted by Gasteiger charge is -2.56. The van der Waals surface area contributed by atoms with Crippen molar-refractivity contribution in [3.63, 3.8) is 0 Å². The van der Waals surface area contributed by atoms with E-state index in [9.17, 15) is 10.2 Å². The molecule has 0 bridgehead atoms. The predicted octanol–water partition coefficient (Wildman–Crippen LogP) is 2.82. The summed E-state index contributed by atoms with van der Waals surface area (Å²) in [5.41, 5.74) is 2.16. The summed E-state index contributed by atoms with van der Waals surface area (Å²) in [4.78, 5) is 5.02. The molecule has 1 aromatic rings. The average Bonchev–Trinajstić information content (AvgIpc) is 2.64. The van der Waals surface area contributed by atoms with E-state index in [1.165, 1.54) is 18.5 Å². The van der Waals surface area contributed by atoms with E-state index >= 15 is 0 Å². The van der Waals surface area contributed by atoms with Gasteiger partial charge in [-0.1, -0.05) is 17.7 Å². The van der Waals surface area contributed by atoms with Crippen LogP contribution in [-0.2, 0) is 0 Å². The normalized spacial score (nSPS) is 30.5. The summed E-state index contributed by atoms with van der Waals surface area (Å²) >= 11 is 6.28. The second kappa shape index (κ2) is 6.73. The van der Waals surface area contributed by atoms with E-state index in [1.54, 1.807) is 0 Å². The average molecular weight is 365 g/mol. The Kier molecular flexibility index (Phi) is 4.74. The largest absolute Gasteiger partial charge is 0.392 e. The Morgan fingerprint density at radius 1 is 1.04 bits per heavy atom. The van der Waals surface area contributed by atoms with Gasteiger partial charge in [-0.2, -0.15) is 0 Å². The Morgan fingerprint density at radius 3 is 2.24 bits per heavy atom. The molecule has 2 heterocycles. The summed E-state index contributed by atoms with van der Waals surface area (Å²) in [5.74, 6) is 0. The predicted molar refractivity (Wildman–Crippen MR) is 101 cm³/mol. The van der Waals surface area contributed by atoms with Gasteiger partial charge in [0.05, 0.1) is 12.2 Å². The minimum absolute atomic E-state index is 0.199. The third kappa shape index (κ3) is 3.08. The number of anilines is 1. The van der Waals surface area contributed by atoms with E-state index < -0.39 is 0 Å². The molecule has 1 spiro atoms. The second-order valence-corrected chi connectivity index (χ2v) is 8.60. The number of aryl methyl sites for hydroxylation is 1. The Hall–Kier alpha value is -0.810. The summed E-state index contributed by atoms with van der Waals surface area (Å²) in [6.07, 6.45) is 4.19. The monoisotopic (exact) mass is 364 g/mol. The van der Waals surface area contributed by atoms with Crippen LogP contribution in [0.2, 0.25) is 5.02 Å². The first-order chi connectivity index (χ1) is 12.0. The molecule has 2 N–H and O–H groups in total. The molecule has 2 aliphatic heterocycles. The second-order valence-electron chi connectivity index (χ2n) is 8.19. The van der Waals surface area contributed by atoms with Crippen molar-refractivity contribution in [2.75, 3.05) is 31.1 Å². The molecule has 4 rings (SSSR count). The molecule has 2 saturated heterocycles. The van der Waals surface area contributed by atoms with Crippen molar-refractivity contribution >= 4 is 17.3 Å². The standard InChI is InChI=1S/C20H29ClN2O2/c1-14-2-3-16(12-17(14)21)22-8-4-15(5-9-22)23-10-6-20(7-11-23)18(24)13-19(20)25/h2-3,12,15,18-19,24-25H,4-11,13H2,1H3/t18-,19+. The number of rotatable bonds is 2. The molecule has 3 aliphatic rings. The maximum atomic E-state index is 10.1. The summed E-state index contributed by atoms with van der Waals surface area (Å²) < 4.78 is 0. The van der Waals surface area contributed by atoms with Crippen LogP contribution in [-0.4, -0.2) is 59.5 Å². The molecule has 0 amide bonds. The minimum Gasteiger partial charge on any atom is -0.392 e. The van der Waals surface area contributed by atoms with Gasteiger partial charge in [-0.3, -0.25) is 0 Å². The van der Waals surface area contributed by atoms with Crippen molar-refractivity contribution in [2.24, 2.45) is 5.41 Å². The Labute approximate surface area is 155 Å². The first kappa shape index (κ1) is 17.6. The van der Waals surface area contributed by atoms with Crippen LogP contribution in [0.5, 0.6) is 0 Å². The summed E-state index contributed by atoms with van der Waals surface area (Å²) in [7, 11) is 0. The molecule has 3 fully saturated rings. The van der Waals surface area contributed by atoms with Crippen molar-refractivity contribution in [2.45, 2.75) is 57.3 Å². The molecule has 0 aromatic heterocycles. The van der Waals surface area contributed by atoms with E-state index in [2.05, 4.69) is 28.0 Å². The Bertz CT molecular complexity index is 612. The highest BCUT2D eigenvalue weighted by atomic mass is 35.5. The Morgan fingerprint density at radius 2 is 1.68 bits per heavy atom. The third-order valence-electron chi connectivity index (χ3n) is 7.00.